The summed E-state index contributed by atoms with van der Waals surface area (Å²) in [6.45, 7) is 5.31. The van der Waals surface area contributed by atoms with Gasteiger partial charge in [-0.15, -0.1) is 0 Å². The highest BCUT2D eigenvalue weighted by Gasteiger charge is 2.46. The van der Waals surface area contributed by atoms with Crippen molar-refractivity contribution in [1.82, 2.24) is 9.55 Å². The van der Waals surface area contributed by atoms with E-state index >= 15 is 0 Å². The number of imidazole rings is 1. The lowest BCUT2D eigenvalue weighted by molar-refractivity contribution is 0.314. The maximum absolute atomic E-state index is 13.7. The second-order valence-electron chi connectivity index (χ2n) is 6.05. The smallest absolute Gasteiger partial charge is 0.201 e. The molecule has 0 aliphatic heterocycles. The number of aromatic nitrogens is 2. The van der Waals surface area contributed by atoms with Gasteiger partial charge in [-0.2, -0.15) is 0 Å². The van der Waals surface area contributed by atoms with E-state index < -0.39 is 5.82 Å². The Hall–Kier alpha value is -1.78. The first-order valence-corrected chi connectivity index (χ1v) is 6.96. The fourth-order valence-corrected chi connectivity index (χ4v) is 2.86. The Kier molecular flexibility index (Phi) is 2.88. The molecule has 0 unspecified atom stereocenters. The maximum atomic E-state index is 13.7. The van der Waals surface area contributed by atoms with Gasteiger partial charge >= 0.3 is 0 Å². The van der Waals surface area contributed by atoms with E-state index in [1.54, 1.807) is 6.07 Å². The van der Waals surface area contributed by atoms with Gasteiger partial charge < -0.3 is 15.0 Å². The molecule has 1 aromatic carbocycles. The summed E-state index contributed by atoms with van der Waals surface area (Å²) in [4.78, 5) is 4.27. The molecule has 0 radical (unpaired) electrons. The van der Waals surface area contributed by atoms with E-state index in [1.165, 1.54) is 26.0 Å². The number of halogens is 1. The molecule has 1 saturated carbocycles. The minimum absolute atomic E-state index is 0.230. The summed E-state index contributed by atoms with van der Waals surface area (Å²) in [7, 11) is 1.46. The molecule has 0 amide bonds. The largest absolute Gasteiger partial charge is 0.494 e. The average Bonchev–Trinajstić information content (AvgIpc) is 3.12. The number of hydrogen-bond acceptors (Lipinski definition) is 3. The third kappa shape index (κ3) is 1.92. The van der Waals surface area contributed by atoms with E-state index in [0.717, 1.165) is 12.1 Å². The summed E-state index contributed by atoms with van der Waals surface area (Å²) in [5.74, 6) is 0.865. The van der Waals surface area contributed by atoms with E-state index in [4.69, 9.17) is 10.5 Å². The van der Waals surface area contributed by atoms with Crippen LogP contribution in [0.4, 0.5) is 10.3 Å². The summed E-state index contributed by atoms with van der Waals surface area (Å²) in [5.41, 5.74) is 7.75. The lowest BCUT2D eigenvalue weighted by Gasteiger charge is -2.21. The Balaban J connectivity index is 2.08. The van der Waals surface area contributed by atoms with Crippen LogP contribution in [0.5, 0.6) is 5.75 Å². The second-order valence-corrected chi connectivity index (χ2v) is 6.05. The summed E-state index contributed by atoms with van der Waals surface area (Å²) < 4.78 is 20.8. The highest BCUT2D eigenvalue weighted by atomic mass is 19.1. The maximum Gasteiger partial charge on any atom is 0.201 e. The van der Waals surface area contributed by atoms with Crippen LogP contribution in [-0.4, -0.2) is 16.7 Å². The average molecular weight is 277 g/mol. The van der Waals surface area contributed by atoms with Gasteiger partial charge in [0.1, 0.15) is 0 Å². The number of nitrogens with two attached hydrogens (primary N) is 1. The third-order valence-corrected chi connectivity index (χ3v) is 4.64. The first-order chi connectivity index (χ1) is 9.47. The van der Waals surface area contributed by atoms with Crippen molar-refractivity contribution >= 4 is 17.0 Å². The number of rotatable bonds is 4. The van der Waals surface area contributed by atoms with E-state index in [-0.39, 0.29) is 5.75 Å². The second kappa shape index (κ2) is 4.36. The quantitative estimate of drug-likeness (QED) is 0.933. The minimum Gasteiger partial charge on any atom is -0.494 e. The van der Waals surface area contributed by atoms with Crippen LogP contribution in [0.1, 0.15) is 26.7 Å². The van der Waals surface area contributed by atoms with Gasteiger partial charge in [0, 0.05) is 18.7 Å². The van der Waals surface area contributed by atoms with Crippen LogP contribution in [0.3, 0.4) is 0 Å². The predicted molar refractivity (Wildman–Crippen MR) is 77.2 cm³/mol. The lowest BCUT2D eigenvalue weighted by Crippen LogP contribution is -2.18. The molecule has 108 valence electrons. The molecule has 1 aliphatic carbocycles. The fraction of sp³-hybridized carbons (Fsp3) is 0.533. The van der Waals surface area contributed by atoms with Crippen molar-refractivity contribution in [2.24, 2.45) is 11.3 Å². The predicted octanol–water partition coefficient (Wildman–Crippen LogP) is 3.20. The molecule has 1 aromatic heterocycles. The summed E-state index contributed by atoms with van der Waals surface area (Å²) >= 11 is 0. The van der Waals surface area contributed by atoms with Crippen LogP contribution >= 0.6 is 0 Å². The molecule has 1 heterocycles. The van der Waals surface area contributed by atoms with Crippen molar-refractivity contribution in [3.63, 3.8) is 0 Å². The van der Waals surface area contributed by atoms with Gasteiger partial charge in [-0.25, -0.2) is 9.37 Å². The zero-order chi connectivity index (χ0) is 14.5. The normalized spacial score (nSPS) is 16.9. The number of benzene rings is 1. The van der Waals surface area contributed by atoms with Crippen LogP contribution < -0.4 is 10.5 Å². The van der Waals surface area contributed by atoms with Crippen LogP contribution in [0.2, 0.25) is 0 Å². The zero-order valence-electron chi connectivity index (χ0n) is 12.1. The highest BCUT2D eigenvalue weighted by Crippen LogP contribution is 2.53. The number of fused-ring (bicyclic) bond motifs is 1. The number of ether oxygens (including phenoxy) is 1. The molecular weight excluding hydrogens is 257 g/mol. The van der Waals surface area contributed by atoms with Gasteiger partial charge in [0.15, 0.2) is 11.6 Å². The Morgan fingerprint density at radius 3 is 2.70 bits per heavy atom. The van der Waals surface area contributed by atoms with Crippen molar-refractivity contribution in [1.29, 1.82) is 0 Å². The highest BCUT2D eigenvalue weighted by molar-refractivity contribution is 5.80. The summed E-state index contributed by atoms with van der Waals surface area (Å²) in [5, 5.41) is 0. The van der Waals surface area contributed by atoms with Crippen LogP contribution in [0, 0.1) is 17.2 Å². The number of anilines is 1. The van der Waals surface area contributed by atoms with Crippen LogP contribution in [0.15, 0.2) is 12.1 Å². The van der Waals surface area contributed by atoms with Crippen molar-refractivity contribution in [3.8, 4) is 5.75 Å². The standard InChI is InChI=1S/C15H20FN3O/c1-9(2)15(4-5-15)8-19-12-7-13(20-3)10(16)6-11(12)18-14(19)17/h6-7,9H,4-5,8H2,1-3H3,(H2,17,18). The SMILES string of the molecule is COc1cc2c(cc1F)nc(N)n2CC1(C(C)C)CC1. The Morgan fingerprint density at radius 2 is 2.15 bits per heavy atom. The Morgan fingerprint density at radius 1 is 1.45 bits per heavy atom. The number of methoxy groups -OCH3 is 1. The fourth-order valence-electron chi connectivity index (χ4n) is 2.86. The van der Waals surface area contributed by atoms with Gasteiger partial charge in [-0.05, 0) is 24.2 Å². The Bertz CT molecular complexity index is 659. The first kappa shape index (κ1) is 13.2. The molecule has 0 bridgehead atoms. The molecular formula is C15H20FN3O. The molecule has 1 aliphatic rings. The topological polar surface area (TPSA) is 53.1 Å². The lowest BCUT2D eigenvalue weighted by atomic mass is 9.92. The van der Waals surface area contributed by atoms with Crippen molar-refractivity contribution in [2.75, 3.05) is 12.8 Å². The van der Waals surface area contributed by atoms with Gasteiger partial charge in [0.05, 0.1) is 18.1 Å². The van der Waals surface area contributed by atoms with Crippen LogP contribution in [0.25, 0.3) is 11.0 Å². The van der Waals surface area contributed by atoms with Crippen LogP contribution in [-0.2, 0) is 6.54 Å². The van der Waals surface area contributed by atoms with Gasteiger partial charge in [-0.1, -0.05) is 13.8 Å². The van der Waals surface area contributed by atoms with E-state index in [0.29, 0.717) is 22.8 Å². The minimum atomic E-state index is -0.408. The molecule has 1 fully saturated rings. The van der Waals surface area contributed by atoms with Gasteiger partial charge in [-0.3, -0.25) is 0 Å². The number of nitrogens with zero attached hydrogens (tertiary/aromatic N) is 2. The molecule has 3 rings (SSSR count). The zero-order valence-corrected chi connectivity index (χ0v) is 12.1. The molecule has 4 nitrogen and oxygen atoms in total. The van der Waals surface area contributed by atoms with Crippen molar-refractivity contribution in [2.45, 2.75) is 33.2 Å². The van der Waals surface area contributed by atoms with Gasteiger partial charge in [0.2, 0.25) is 5.95 Å². The molecule has 20 heavy (non-hydrogen) atoms. The van der Waals surface area contributed by atoms with Crippen molar-refractivity contribution < 1.29 is 9.13 Å². The summed E-state index contributed by atoms with van der Waals surface area (Å²) in [6.07, 6.45) is 2.42. The number of hydrogen-bond donors (Lipinski definition) is 1. The molecule has 0 spiro atoms. The molecule has 2 aromatic rings. The molecule has 0 saturated heterocycles. The molecule has 2 N–H and O–H groups in total. The number of nitrogen functional groups attached to an aromatic ring is 1. The van der Waals surface area contributed by atoms with Gasteiger partial charge in [0.25, 0.3) is 0 Å². The first-order valence-electron chi connectivity index (χ1n) is 6.96. The Labute approximate surface area is 117 Å². The van der Waals surface area contributed by atoms with E-state index in [2.05, 4.69) is 18.8 Å². The molecule has 5 heteroatoms. The summed E-state index contributed by atoms with van der Waals surface area (Å²) in [6, 6.07) is 3.07. The monoisotopic (exact) mass is 277 g/mol. The molecule has 0 atom stereocenters. The van der Waals surface area contributed by atoms with E-state index in [1.807, 2.05) is 4.57 Å². The van der Waals surface area contributed by atoms with E-state index in [9.17, 15) is 4.39 Å². The third-order valence-electron chi connectivity index (χ3n) is 4.64. The van der Waals surface area contributed by atoms with Crippen molar-refractivity contribution in [3.05, 3.63) is 17.9 Å².